The molecule has 2 aliphatic rings. The number of halogens is 8. The topological polar surface area (TPSA) is 0 Å². The molecule has 6 rings (SSSR count). The summed E-state index contributed by atoms with van der Waals surface area (Å²) in [6.45, 7) is 8.63. The molecule has 45 heavy (non-hydrogen) atoms. The molecule has 0 nitrogen and oxygen atoms in total. The van der Waals surface area contributed by atoms with Gasteiger partial charge in [0.2, 0.25) is 0 Å². The monoisotopic (exact) mass is 672 g/mol. The fraction of sp³-hybridized carbons (Fsp3) is 0.222. The number of hydrogen-bond acceptors (Lipinski definition) is 0. The van der Waals surface area contributed by atoms with Gasteiger partial charge in [0, 0.05) is 32.3 Å². The Morgan fingerprint density at radius 2 is 0.867 bits per heavy atom. The molecule has 2 unspecified atom stereocenters. The van der Waals surface area contributed by atoms with E-state index in [0.717, 1.165) is 68.8 Å². The molecule has 4 aromatic rings. The normalized spacial score (nSPS) is 18.5. The molecule has 0 spiro atoms. The van der Waals surface area contributed by atoms with Crippen molar-refractivity contribution >= 4 is 41.3 Å². The number of allylic oxidation sites excluding steroid dienone is 2. The average molecular weight is 674 g/mol. The van der Waals surface area contributed by atoms with Gasteiger partial charge in [0.15, 0.2) is 0 Å². The average Bonchev–Trinajstić information content (AvgIpc) is 3.41. The molecule has 0 radical (unpaired) electrons. The minimum atomic E-state index is -4.43. The molecule has 0 fully saturated rings. The van der Waals surface area contributed by atoms with E-state index < -0.39 is 31.6 Å². The Kier molecular flexibility index (Phi) is 7.70. The highest BCUT2D eigenvalue weighted by Crippen LogP contribution is 2.58. The standard InChI is InChI=1S/C36H28Cl2F6Si/c1-19-31(37)29-25(21-11-15-23(16-12-21)35(39,40)41)7-5-9-27(29)33(19)45(3,4)34-20(2)32(38)30-26(8-6-10-28(30)34)22-13-17-24(18-14-22)36(42,43)44/h5-18,33-34H,1-4H3. The molecule has 0 aromatic heterocycles. The molecular formula is C36H28Cl2F6Si. The van der Waals surface area contributed by atoms with E-state index in [-0.39, 0.29) is 11.1 Å². The lowest BCUT2D eigenvalue weighted by Gasteiger charge is -2.39. The van der Waals surface area contributed by atoms with Crippen molar-refractivity contribution < 1.29 is 26.3 Å². The summed E-state index contributed by atoms with van der Waals surface area (Å²) in [6.07, 6.45) is -8.86. The van der Waals surface area contributed by atoms with E-state index >= 15 is 0 Å². The van der Waals surface area contributed by atoms with Crippen molar-refractivity contribution in [1.82, 2.24) is 0 Å². The van der Waals surface area contributed by atoms with Crippen LogP contribution in [0.25, 0.3) is 32.3 Å². The van der Waals surface area contributed by atoms with E-state index in [1.807, 2.05) is 38.1 Å². The third-order valence-corrected chi connectivity index (χ3v) is 14.8. The van der Waals surface area contributed by atoms with Gasteiger partial charge in [-0.05, 0) is 82.6 Å². The van der Waals surface area contributed by atoms with Gasteiger partial charge < -0.3 is 0 Å². The molecule has 4 aromatic carbocycles. The fourth-order valence-corrected chi connectivity index (χ4v) is 13.2. The molecule has 0 saturated heterocycles. The first-order valence-corrected chi connectivity index (χ1v) is 18.3. The van der Waals surface area contributed by atoms with Crippen LogP contribution in [0.15, 0.2) is 96.1 Å². The molecule has 2 aliphatic carbocycles. The van der Waals surface area contributed by atoms with Crippen LogP contribution in [0.1, 0.15) is 58.3 Å². The van der Waals surface area contributed by atoms with E-state index in [4.69, 9.17) is 23.2 Å². The van der Waals surface area contributed by atoms with E-state index in [0.29, 0.717) is 21.2 Å². The number of benzene rings is 4. The van der Waals surface area contributed by atoms with Gasteiger partial charge in [-0.25, -0.2) is 0 Å². The Balaban J connectivity index is 1.44. The summed E-state index contributed by atoms with van der Waals surface area (Å²) in [5.41, 5.74) is 7.20. The van der Waals surface area contributed by atoms with Crippen molar-refractivity contribution in [3.05, 3.63) is 129 Å². The second kappa shape index (κ2) is 10.9. The summed E-state index contributed by atoms with van der Waals surface area (Å²) in [7, 11) is -2.45. The van der Waals surface area contributed by atoms with Crippen LogP contribution >= 0.6 is 23.2 Å². The number of hydrogen-bond donors (Lipinski definition) is 0. The molecule has 0 aliphatic heterocycles. The summed E-state index contributed by atoms with van der Waals surface area (Å²) >= 11 is 14.2. The fourth-order valence-electron chi connectivity index (χ4n) is 7.47. The van der Waals surface area contributed by atoms with Gasteiger partial charge in [0.1, 0.15) is 0 Å². The smallest absolute Gasteiger partial charge is 0.166 e. The van der Waals surface area contributed by atoms with Gasteiger partial charge in [-0.1, -0.05) is 97.0 Å². The molecule has 232 valence electrons. The summed E-state index contributed by atoms with van der Waals surface area (Å²) < 4.78 is 79.5. The van der Waals surface area contributed by atoms with Crippen LogP contribution in [-0.2, 0) is 12.4 Å². The first-order valence-electron chi connectivity index (χ1n) is 14.4. The Hall–Kier alpha value is -3.26. The number of alkyl halides is 6. The molecule has 0 bridgehead atoms. The molecule has 0 saturated carbocycles. The lowest BCUT2D eigenvalue weighted by Crippen LogP contribution is -2.42. The van der Waals surface area contributed by atoms with Gasteiger partial charge in [0.05, 0.1) is 19.2 Å². The lowest BCUT2D eigenvalue weighted by atomic mass is 9.96. The van der Waals surface area contributed by atoms with Gasteiger partial charge >= 0.3 is 12.4 Å². The SMILES string of the molecule is CC1=C(Cl)c2c(-c3ccc(C(F)(F)F)cc3)cccc2C1[Si](C)(C)C1C(C)=C(Cl)c2c(-c3ccc(C(F)(F)F)cc3)cccc21. The maximum absolute atomic E-state index is 13.3. The zero-order valence-corrected chi connectivity index (χ0v) is 27.3. The zero-order valence-electron chi connectivity index (χ0n) is 24.8. The van der Waals surface area contributed by atoms with E-state index in [9.17, 15) is 26.3 Å². The van der Waals surface area contributed by atoms with Crippen molar-refractivity contribution in [3.63, 3.8) is 0 Å². The summed E-state index contributed by atoms with van der Waals surface area (Å²) in [5.74, 6) is 0. The Labute approximate surface area is 269 Å². The van der Waals surface area contributed by atoms with Crippen LogP contribution in [0.3, 0.4) is 0 Å². The minimum Gasteiger partial charge on any atom is -0.166 e. The maximum atomic E-state index is 13.3. The second-order valence-electron chi connectivity index (χ2n) is 12.4. The Bertz CT molecular complexity index is 1740. The maximum Gasteiger partial charge on any atom is 0.416 e. The van der Waals surface area contributed by atoms with Crippen LogP contribution in [-0.4, -0.2) is 8.07 Å². The molecule has 0 heterocycles. The van der Waals surface area contributed by atoms with E-state index in [1.165, 1.54) is 24.3 Å². The summed E-state index contributed by atoms with van der Waals surface area (Å²) in [5, 5.41) is 1.21. The van der Waals surface area contributed by atoms with Crippen molar-refractivity contribution in [2.45, 2.75) is 50.4 Å². The lowest BCUT2D eigenvalue weighted by molar-refractivity contribution is -0.138. The third-order valence-electron chi connectivity index (χ3n) is 9.35. The predicted molar refractivity (Wildman–Crippen MR) is 174 cm³/mol. The predicted octanol–water partition coefficient (Wildman–Crippen LogP) is 12.7. The molecule has 2 atom stereocenters. The second-order valence-corrected chi connectivity index (χ2v) is 17.9. The Morgan fingerprint density at radius 3 is 1.18 bits per heavy atom. The van der Waals surface area contributed by atoms with Crippen molar-refractivity contribution in [1.29, 1.82) is 0 Å². The molecule has 0 N–H and O–H groups in total. The van der Waals surface area contributed by atoms with Crippen LogP contribution < -0.4 is 0 Å². The third kappa shape index (κ3) is 5.17. The van der Waals surface area contributed by atoms with Crippen LogP contribution in [0.2, 0.25) is 13.1 Å². The largest absolute Gasteiger partial charge is 0.416 e. The van der Waals surface area contributed by atoms with Crippen LogP contribution in [0.4, 0.5) is 26.3 Å². The van der Waals surface area contributed by atoms with Gasteiger partial charge in [0.25, 0.3) is 0 Å². The highest BCUT2D eigenvalue weighted by atomic mass is 35.5. The van der Waals surface area contributed by atoms with E-state index in [2.05, 4.69) is 25.2 Å². The van der Waals surface area contributed by atoms with Gasteiger partial charge in [-0.15, -0.1) is 0 Å². The molecule has 0 amide bonds. The first kappa shape index (κ1) is 31.7. The molecule has 9 heteroatoms. The zero-order chi connectivity index (χ0) is 32.6. The minimum absolute atomic E-state index is 0.0144. The van der Waals surface area contributed by atoms with E-state index in [1.54, 1.807) is 0 Å². The number of rotatable bonds is 4. The highest BCUT2D eigenvalue weighted by Gasteiger charge is 2.50. The van der Waals surface area contributed by atoms with Gasteiger partial charge in [-0.2, -0.15) is 26.3 Å². The van der Waals surface area contributed by atoms with Crippen molar-refractivity contribution in [2.24, 2.45) is 0 Å². The molecular weight excluding hydrogens is 645 g/mol. The van der Waals surface area contributed by atoms with Gasteiger partial charge in [-0.3, -0.25) is 0 Å². The number of fused-ring (bicyclic) bond motifs is 2. The quantitative estimate of drug-likeness (QED) is 0.149. The summed E-state index contributed by atoms with van der Waals surface area (Å²) in [6, 6.07) is 22.0. The first-order chi connectivity index (χ1) is 21.0. The highest BCUT2D eigenvalue weighted by molar-refractivity contribution is 6.82. The van der Waals surface area contributed by atoms with Crippen LogP contribution in [0.5, 0.6) is 0 Å². The van der Waals surface area contributed by atoms with Crippen LogP contribution in [0, 0.1) is 0 Å². The summed E-state index contributed by atoms with van der Waals surface area (Å²) in [4.78, 5) is 0. The van der Waals surface area contributed by atoms with Crippen molar-refractivity contribution in [2.75, 3.05) is 0 Å². The van der Waals surface area contributed by atoms with Crippen molar-refractivity contribution in [3.8, 4) is 22.3 Å². The Morgan fingerprint density at radius 1 is 0.533 bits per heavy atom.